The van der Waals surface area contributed by atoms with Crippen molar-refractivity contribution in [2.45, 2.75) is 33.1 Å². The van der Waals surface area contributed by atoms with Crippen molar-refractivity contribution in [1.82, 2.24) is 9.88 Å². The zero-order chi connectivity index (χ0) is 17.5. The van der Waals surface area contributed by atoms with Crippen LogP contribution in [0.3, 0.4) is 0 Å². The summed E-state index contributed by atoms with van der Waals surface area (Å²) in [5, 5.41) is 2.68. The second kappa shape index (κ2) is 5.90. The van der Waals surface area contributed by atoms with Crippen LogP contribution in [0.15, 0.2) is 29.4 Å². The normalized spacial score (nSPS) is 15.8. The molecule has 1 aromatic carbocycles. The lowest BCUT2D eigenvalue weighted by molar-refractivity contribution is -0.286. The summed E-state index contributed by atoms with van der Waals surface area (Å²) in [4.78, 5) is 17.2. The van der Waals surface area contributed by atoms with Crippen LogP contribution in [0.25, 0.3) is 5.69 Å². The molecule has 1 aliphatic heterocycles. The molecule has 1 N–H and O–H groups in total. The van der Waals surface area contributed by atoms with Crippen LogP contribution in [-0.2, 0) is 0 Å². The minimum Gasteiger partial charge on any atom is -0.395 e. The second-order valence-corrected chi connectivity index (χ2v) is 6.72. The van der Waals surface area contributed by atoms with Crippen LogP contribution in [0.1, 0.15) is 18.7 Å². The predicted octanol–water partition coefficient (Wildman–Crippen LogP) is 3.19. The number of rotatable bonds is 2. The van der Waals surface area contributed by atoms with E-state index in [-0.39, 0.29) is 17.5 Å². The zero-order valence-corrected chi connectivity index (χ0v) is 14.0. The zero-order valence-electron chi connectivity index (χ0n) is 13.2. The number of nitrogens with one attached hydrogen (secondary N) is 1. The molecule has 0 saturated carbocycles. The van der Waals surface area contributed by atoms with Gasteiger partial charge in [-0.05, 0) is 32.9 Å². The number of ether oxygens (including phenoxy) is 2. The van der Waals surface area contributed by atoms with Crippen LogP contribution in [-0.4, -0.2) is 22.9 Å². The maximum atomic E-state index is 13.1. The number of aromatic nitrogens is 1. The number of benzene rings is 1. The summed E-state index contributed by atoms with van der Waals surface area (Å²) in [7, 11) is 0. The van der Waals surface area contributed by atoms with E-state index in [2.05, 4.69) is 19.8 Å². The van der Waals surface area contributed by atoms with Gasteiger partial charge in [0.15, 0.2) is 16.3 Å². The Hall–Kier alpha value is -2.42. The van der Waals surface area contributed by atoms with Crippen molar-refractivity contribution in [3.63, 3.8) is 0 Å². The number of amides is 2. The third-order valence-electron chi connectivity index (χ3n) is 3.04. The van der Waals surface area contributed by atoms with Gasteiger partial charge in [0.1, 0.15) is 0 Å². The average Bonchev–Trinajstić information content (AvgIpc) is 2.94. The molecule has 3 rings (SSSR count). The van der Waals surface area contributed by atoms with E-state index in [0.717, 1.165) is 4.88 Å². The van der Waals surface area contributed by atoms with Gasteiger partial charge in [0.25, 0.3) is 0 Å². The molecular weight excluding hydrogens is 340 g/mol. The van der Waals surface area contributed by atoms with E-state index < -0.39 is 12.3 Å². The van der Waals surface area contributed by atoms with Crippen molar-refractivity contribution in [1.29, 1.82) is 0 Å². The van der Waals surface area contributed by atoms with Crippen LogP contribution in [0.5, 0.6) is 11.5 Å². The fraction of sp³-hybridized carbons (Fsp3) is 0.333. The molecule has 0 fully saturated rings. The SMILES string of the molecule is Cc1cn(-c2ccc3c(c2)OC(F)(F)O3)c(=NC(=O)NC(C)C)s1. The van der Waals surface area contributed by atoms with E-state index >= 15 is 0 Å². The highest BCUT2D eigenvalue weighted by molar-refractivity contribution is 7.09. The number of halogens is 2. The third kappa shape index (κ3) is 3.40. The Morgan fingerprint density at radius 3 is 2.75 bits per heavy atom. The summed E-state index contributed by atoms with van der Waals surface area (Å²) in [5.74, 6) is -0.0984. The van der Waals surface area contributed by atoms with E-state index in [1.165, 1.54) is 23.5 Å². The van der Waals surface area contributed by atoms with Gasteiger partial charge in [0.2, 0.25) is 0 Å². The van der Waals surface area contributed by atoms with Crippen LogP contribution >= 0.6 is 11.3 Å². The van der Waals surface area contributed by atoms with Crippen molar-refractivity contribution >= 4 is 17.4 Å². The van der Waals surface area contributed by atoms with Gasteiger partial charge in [0.05, 0.1) is 5.69 Å². The molecule has 2 aromatic rings. The molecule has 9 heteroatoms. The van der Waals surface area contributed by atoms with Crippen molar-refractivity contribution < 1.29 is 23.0 Å². The Kier molecular flexibility index (Phi) is 4.04. The Bertz CT molecular complexity index is 858. The van der Waals surface area contributed by atoms with Crippen molar-refractivity contribution in [3.05, 3.63) is 34.1 Å². The van der Waals surface area contributed by atoms with Gasteiger partial charge in [0, 0.05) is 23.2 Å². The lowest BCUT2D eigenvalue weighted by Crippen LogP contribution is -2.29. The number of fused-ring (bicyclic) bond motifs is 1. The van der Waals surface area contributed by atoms with E-state index in [1.54, 1.807) is 16.8 Å². The monoisotopic (exact) mass is 355 g/mol. The van der Waals surface area contributed by atoms with Crippen LogP contribution in [0, 0.1) is 6.92 Å². The standard InChI is InChI=1S/C15H15F2N3O3S/c1-8(2)18-13(21)19-14-20(7-9(3)24-14)10-4-5-11-12(6-10)23-15(16,17)22-11/h4-8H,1-3H3,(H,18,21). The Balaban J connectivity index is 2.00. The highest BCUT2D eigenvalue weighted by Gasteiger charge is 2.43. The maximum absolute atomic E-state index is 13.1. The Morgan fingerprint density at radius 2 is 2.04 bits per heavy atom. The lowest BCUT2D eigenvalue weighted by atomic mass is 10.3. The van der Waals surface area contributed by atoms with Crippen LogP contribution in [0.2, 0.25) is 0 Å². The van der Waals surface area contributed by atoms with E-state index in [0.29, 0.717) is 10.5 Å². The predicted molar refractivity (Wildman–Crippen MR) is 83.8 cm³/mol. The van der Waals surface area contributed by atoms with Gasteiger partial charge >= 0.3 is 12.3 Å². The number of thiazole rings is 1. The number of hydrogen-bond acceptors (Lipinski definition) is 4. The molecule has 0 spiro atoms. The van der Waals surface area contributed by atoms with Crippen LogP contribution < -0.4 is 19.6 Å². The molecule has 0 unspecified atom stereocenters. The first-order valence-electron chi connectivity index (χ1n) is 7.18. The van der Waals surface area contributed by atoms with Crippen molar-refractivity contribution in [3.8, 4) is 17.2 Å². The van der Waals surface area contributed by atoms with E-state index in [9.17, 15) is 13.6 Å². The average molecular weight is 355 g/mol. The smallest absolute Gasteiger partial charge is 0.395 e. The van der Waals surface area contributed by atoms with Crippen molar-refractivity contribution in [2.24, 2.45) is 4.99 Å². The minimum atomic E-state index is -3.67. The van der Waals surface area contributed by atoms with Crippen LogP contribution in [0.4, 0.5) is 13.6 Å². The highest BCUT2D eigenvalue weighted by atomic mass is 32.1. The Morgan fingerprint density at radius 1 is 1.33 bits per heavy atom. The fourth-order valence-corrected chi connectivity index (χ4v) is 3.00. The highest BCUT2D eigenvalue weighted by Crippen LogP contribution is 2.41. The molecule has 0 bridgehead atoms. The first-order valence-corrected chi connectivity index (χ1v) is 8.00. The van der Waals surface area contributed by atoms with Crippen molar-refractivity contribution in [2.75, 3.05) is 0 Å². The quantitative estimate of drug-likeness (QED) is 0.900. The molecule has 128 valence electrons. The lowest BCUT2D eigenvalue weighted by Gasteiger charge is -2.06. The number of carbonyl (C=O) groups excluding carboxylic acids is 1. The molecule has 1 aromatic heterocycles. The van der Waals surface area contributed by atoms with Gasteiger partial charge < -0.3 is 14.8 Å². The molecule has 0 saturated heterocycles. The van der Waals surface area contributed by atoms with Gasteiger partial charge in [-0.3, -0.25) is 4.57 Å². The molecule has 0 aliphatic carbocycles. The Labute approximate surface area is 140 Å². The summed E-state index contributed by atoms with van der Waals surface area (Å²) in [6.45, 7) is 5.53. The summed E-state index contributed by atoms with van der Waals surface area (Å²) in [5.41, 5.74) is 0.537. The number of hydrogen-bond donors (Lipinski definition) is 1. The fourth-order valence-electron chi connectivity index (χ4n) is 2.17. The second-order valence-electron chi connectivity index (χ2n) is 5.51. The number of urea groups is 1. The maximum Gasteiger partial charge on any atom is 0.586 e. The topological polar surface area (TPSA) is 64.8 Å². The molecule has 2 heterocycles. The largest absolute Gasteiger partial charge is 0.586 e. The van der Waals surface area contributed by atoms with Gasteiger partial charge in [-0.25, -0.2) is 4.79 Å². The molecule has 6 nitrogen and oxygen atoms in total. The van der Waals surface area contributed by atoms with Gasteiger partial charge in [-0.15, -0.1) is 20.1 Å². The number of nitrogens with zero attached hydrogens (tertiary/aromatic N) is 2. The summed E-state index contributed by atoms with van der Waals surface area (Å²) in [6, 6.07) is 3.90. The summed E-state index contributed by atoms with van der Waals surface area (Å²) < 4.78 is 36.7. The van der Waals surface area contributed by atoms with Gasteiger partial charge in [-0.2, -0.15) is 4.99 Å². The number of carbonyl (C=O) groups is 1. The molecule has 0 atom stereocenters. The number of alkyl halides is 2. The third-order valence-corrected chi connectivity index (χ3v) is 3.94. The molecule has 2 amide bonds. The molecule has 0 radical (unpaired) electrons. The summed E-state index contributed by atoms with van der Waals surface area (Å²) >= 11 is 1.31. The molecular formula is C15H15F2N3O3S. The summed E-state index contributed by atoms with van der Waals surface area (Å²) in [6.07, 6.45) is -1.90. The minimum absolute atomic E-state index is 0.0349. The van der Waals surface area contributed by atoms with E-state index in [1.807, 2.05) is 20.8 Å². The van der Waals surface area contributed by atoms with Gasteiger partial charge in [-0.1, -0.05) is 0 Å². The van der Waals surface area contributed by atoms with E-state index in [4.69, 9.17) is 0 Å². The number of aryl methyl sites for hydroxylation is 1. The first kappa shape index (κ1) is 16.4. The molecule has 24 heavy (non-hydrogen) atoms. The first-order chi connectivity index (χ1) is 11.2. The molecule has 1 aliphatic rings.